The molecule has 5 nitrogen and oxygen atoms in total. The van der Waals surface area contributed by atoms with Crippen LogP contribution in [-0.4, -0.2) is 29.5 Å². The molecule has 0 atom stereocenters. The van der Waals surface area contributed by atoms with E-state index in [9.17, 15) is 4.79 Å². The van der Waals surface area contributed by atoms with E-state index in [1.165, 1.54) is 0 Å². The van der Waals surface area contributed by atoms with Crippen LogP contribution in [0, 0.1) is 5.92 Å². The van der Waals surface area contributed by atoms with Crippen LogP contribution in [-0.2, 0) is 0 Å². The molecule has 0 aliphatic heterocycles. The third kappa shape index (κ3) is 1.98. The van der Waals surface area contributed by atoms with E-state index in [0.717, 1.165) is 30.8 Å². The van der Waals surface area contributed by atoms with Gasteiger partial charge in [-0.3, -0.25) is 9.79 Å². The summed E-state index contributed by atoms with van der Waals surface area (Å²) in [6.45, 7) is 2.75. The van der Waals surface area contributed by atoms with Crippen LogP contribution in [0.4, 0.5) is 5.69 Å². The zero-order chi connectivity index (χ0) is 11.5. The minimum Gasteiger partial charge on any atom is -0.383 e. The van der Waals surface area contributed by atoms with E-state index in [1.54, 1.807) is 13.2 Å². The molecule has 1 heterocycles. The molecule has 1 aromatic rings. The van der Waals surface area contributed by atoms with E-state index >= 15 is 0 Å². The zero-order valence-electron chi connectivity index (χ0n) is 9.58. The number of rotatable bonds is 4. The van der Waals surface area contributed by atoms with Crippen molar-refractivity contribution < 1.29 is 0 Å². The number of nitrogens with zero attached hydrogens (tertiary/aromatic N) is 2. The smallest absolute Gasteiger partial charge is 0.275 e. The Morgan fingerprint density at radius 1 is 1.69 bits per heavy atom. The van der Waals surface area contributed by atoms with Crippen molar-refractivity contribution in [3.8, 4) is 0 Å². The highest BCUT2D eigenvalue weighted by molar-refractivity contribution is 6.07. The third-order valence-corrected chi connectivity index (χ3v) is 2.68. The molecular formula is C11H16N4O. The van der Waals surface area contributed by atoms with Crippen LogP contribution in [0.15, 0.2) is 16.0 Å². The average molecular weight is 220 g/mol. The number of aromatic nitrogens is 2. The number of anilines is 1. The molecule has 86 valence electrons. The van der Waals surface area contributed by atoms with E-state index in [1.807, 2.05) is 6.92 Å². The molecule has 0 radical (unpaired) electrons. The lowest BCUT2D eigenvalue weighted by Gasteiger charge is -2.10. The van der Waals surface area contributed by atoms with Crippen molar-refractivity contribution >= 4 is 11.4 Å². The maximum atomic E-state index is 11.8. The summed E-state index contributed by atoms with van der Waals surface area (Å²) in [7, 11) is 1.74. The van der Waals surface area contributed by atoms with Crippen LogP contribution in [0.5, 0.6) is 0 Å². The maximum absolute atomic E-state index is 11.8. The molecule has 1 aromatic heterocycles. The first-order chi connectivity index (χ1) is 7.77. The highest BCUT2D eigenvalue weighted by Crippen LogP contribution is 2.33. The highest BCUT2D eigenvalue weighted by atomic mass is 16.1. The second-order valence-electron chi connectivity index (χ2n) is 3.90. The predicted octanol–water partition coefficient (Wildman–Crippen LogP) is 1.03. The Balaban J connectivity index is 2.48. The molecule has 0 amide bonds. The minimum atomic E-state index is -0.161. The van der Waals surface area contributed by atoms with Gasteiger partial charge in [-0.1, -0.05) is 0 Å². The Morgan fingerprint density at radius 3 is 3.00 bits per heavy atom. The fraction of sp³-hybridized carbons (Fsp3) is 0.545. The van der Waals surface area contributed by atoms with E-state index in [2.05, 4.69) is 20.5 Å². The predicted molar refractivity (Wildman–Crippen MR) is 64.2 cm³/mol. The molecule has 1 fully saturated rings. The molecular weight excluding hydrogens is 204 g/mol. The van der Waals surface area contributed by atoms with Gasteiger partial charge in [0, 0.05) is 19.5 Å². The van der Waals surface area contributed by atoms with Crippen molar-refractivity contribution in [3.05, 3.63) is 22.1 Å². The van der Waals surface area contributed by atoms with Gasteiger partial charge in [0.15, 0.2) is 0 Å². The number of hydrogen-bond donors (Lipinski definition) is 2. The minimum absolute atomic E-state index is 0.161. The van der Waals surface area contributed by atoms with Gasteiger partial charge in [-0.05, 0) is 19.8 Å². The molecule has 0 bridgehead atoms. The van der Waals surface area contributed by atoms with Crippen LogP contribution in [0.25, 0.3) is 0 Å². The second-order valence-corrected chi connectivity index (χ2v) is 3.90. The zero-order valence-corrected chi connectivity index (χ0v) is 9.58. The SMILES string of the molecule is CCNc1cn[nH]c(=O)c1/C(=N\C)C1CC1. The summed E-state index contributed by atoms with van der Waals surface area (Å²) in [5.41, 5.74) is 2.17. The van der Waals surface area contributed by atoms with E-state index in [4.69, 9.17) is 0 Å². The number of nitrogens with one attached hydrogen (secondary N) is 2. The van der Waals surface area contributed by atoms with Gasteiger partial charge >= 0.3 is 0 Å². The maximum Gasteiger partial charge on any atom is 0.275 e. The molecule has 0 unspecified atom stereocenters. The van der Waals surface area contributed by atoms with Crippen LogP contribution in [0.1, 0.15) is 25.3 Å². The average Bonchev–Trinajstić information content (AvgIpc) is 3.07. The van der Waals surface area contributed by atoms with Gasteiger partial charge in [0.05, 0.1) is 23.2 Å². The Hall–Kier alpha value is -1.65. The summed E-state index contributed by atoms with van der Waals surface area (Å²) in [6, 6.07) is 0. The first kappa shape index (κ1) is 10.9. The van der Waals surface area contributed by atoms with Crippen molar-refractivity contribution in [2.24, 2.45) is 10.9 Å². The van der Waals surface area contributed by atoms with E-state index in [0.29, 0.717) is 11.5 Å². The molecule has 1 aliphatic carbocycles. The summed E-state index contributed by atoms with van der Waals surface area (Å²) in [5, 5.41) is 9.43. The van der Waals surface area contributed by atoms with Gasteiger partial charge in [0.1, 0.15) is 0 Å². The quantitative estimate of drug-likeness (QED) is 0.744. The number of aliphatic imine (C=N–C) groups is 1. The standard InChI is InChI=1S/C11H16N4O/c1-3-13-8-6-14-15-11(16)9(8)10(12-2)7-4-5-7/h6-7H,3-5H2,1-2H3,(H2,13,15,16)/b12-10-. The lowest BCUT2D eigenvalue weighted by atomic mass is 10.1. The molecule has 1 aliphatic rings. The molecule has 2 rings (SSSR count). The largest absolute Gasteiger partial charge is 0.383 e. The molecule has 0 saturated heterocycles. The van der Waals surface area contributed by atoms with Crippen molar-refractivity contribution in [1.82, 2.24) is 10.2 Å². The monoisotopic (exact) mass is 220 g/mol. The normalized spacial score (nSPS) is 16.2. The van der Waals surface area contributed by atoms with E-state index in [-0.39, 0.29) is 5.56 Å². The summed E-state index contributed by atoms with van der Waals surface area (Å²) >= 11 is 0. The summed E-state index contributed by atoms with van der Waals surface area (Å²) < 4.78 is 0. The molecule has 0 aromatic carbocycles. The summed E-state index contributed by atoms with van der Waals surface area (Å²) in [4.78, 5) is 16.1. The first-order valence-electron chi connectivity index (χ1n) is 5.56. The van der Waals surface area contributed by atoms with Gasteiger partial charge in [0.2, 0.25) is 0 Å². The second kappa shape index (κ2) is 4.47. The van der Waals surface area contributed by atoms with Crippen molar-refractivity contribution in [2.75, 3.05) is 18.9 Å². The molecule has 2 N–H and O–H groups in total. The van der Waals surface area contributed by atoms with Gasteiger partial charge < -0.3 is 5.32 Å². The lowest BCUT2D eigenvalue weighted by molar-refractivity contribution is 0.972. The van der Waals surface area contributed by atoms with Crippen LogP contribution >= 0.6 is 0 Å². The lowest BCUT2D eigenvalue weighted by Crippen LogP contribution is -2.23. The highest BCUT2D eigenvalue weighted by Gasteiger charge is 2.31. The Labute approximate surface area is 94.0 Å². The van der Waals surface area contributed by atoms with Crippen LogP contribution in [0.3, 0.4) is 0 Å². The van der Waals surface area contributed by atoms with Crippen molar-refractivity contribution in [1.29, 1.82) is 0 Å². The summed E-state index contributed by atoms with van der Waals surface area (Å²) in [6.07, 6.45) is 3.90. The van der Waals surface area contributed by atoms with Crippen LogP contribution < -0.4 is 10.9 Å². The number of hydrogen-bond acceptors (Lipinski definition) is 4. The molecule has 0 spiro atoms. The van der Waals surface area contributed by atoms with Crippen molar-refractivity contribution in [2.45, 2.75) is 19.8 Å². The Kier molecular flexibility index (Phi) is 3.03. The van der Waals surface area contributed by atoms with E-state index < -0.39 is 0 Å². The van der Waals surface area contributed by atoms with Gasteiger partial charge in [0.25, 0.3) is 5.56 Å². The fourth-order valence-corrected chi connectivity index (χ4v) is 1.83. The number of aromatic amines is 1. The molecule has 16 heavy (non-hydrogen) atoms. The van der Waals surface area contributed by atoms with Gasteiger partial charge in [-0.15, -0.1) is 0 Å². The third-order valence-electron chi connectivity index (χ3n) is 2.68. The van der Waals surface area contributed by atoms with Gasteiger partial charge in [-0.25, -0.2) is 5.10 Å². The Bertz CT molecular complexity index is 459. The van der Waals surface area contributed by atoms with Crippen molar-refractivity contribution in [3.63, 3.8) is 0 Å². The summed E-state index contributed by atoms with van der Waals surface area (Å²) in [5.74, 6) is 0.450. The van der Waals surface area contributed by atoms with Gasteiger partial charge in [-0.2, -0.15) is 5.10 Å². The topological polar surface area (TPSA) is 70.1 Å². The van der Waals surface area contributed by atoms with Crippen LogP contribution in [0.2, 0.25) is 0 Å². The molecule has 1 saturated carbocycles. The number of H-pyrrole nitrogens is 1. The fourth-order valence-electron chi connectivity index (χ4n) is 1.83. The first-order valence-corrected chi connectivity index (χ1v) is 5.56. The Morgan fingerprint density at radius 2 is 2.44 bits per heavy atom. The molecule has 5 heteroatoms.